The van der Waals surface area contributed by atoms with Crippen molar-refractivity contribution in [2.45, 2.75) is 33.1 Å². The molecular formula is C13H20N2. The van der Waals surface area contributed by atoms with Crippen LogP contribution in [0.15, 0.2) is 18.3 Å². The van der Waals surface area contributed by atoms with E-state index in [1.165, 1.54) is 24.9 Å². The third-order valence-corrected chi connectivity index (χ3v) is 3.29. The van der Waals surface area contributed by atoms with Gasteiger partial charge in [-0.3, -0.25) is 4.98 Å². The molecule has 0 radical (unpaired) electrons. The molecule has 0 spiro atoms. The molecule has 1 heterocycles. The molecule has 1 aliphatic carbocycles. The van der Waals surface area contributed by atoms with Gasteiger partial charge in [0.15, 0.2) is 0 Å². The van der Waals surface area contributed by atoms with Gasteiger partial charge in [-0.15, -0.1) is 0 Å². The van der Waals surface area contributed by atoms with Gasteiger partial charge in [0.05, 0.1) is 0 Å². The van der Waals surface area contributed by atoms with E-state index >= 15 is 0 Å². The summed E-state index contributed by atoms with van der Waals surface area (Å²) in [5, 5.41) is 3.51. The van der Waals surface area contributed by atoms with Gasteiger partial charge in [0.1, 0.15) is 0 Å². The molecule has 2 nitrogen and oxygen atoms in total. The van der Waals surface area contributed by atoms with Gasteiger partial charge in [0.25, 0.3) is 0 Å². The van der Waals surface area contributed by atoms with Crippen LogP contribution >= 0.6 is 0 Å². The molecule has 0 saturated heterocycles. The van der Waals surface area contributed by atoms with Gasteiger partial charge < -0.3 is 5.32 Å². The van der Waals surface area contributed by atoms with Crippen LogP contribution in [0, 0.1) is 18.8 Å². The summed E-state index contributed by atoms with van der Waals surface area (Å²) < 4.78 is 0. The summed E-state index contributed by atoms with van der Waals surface area (Å²) in [7, 11) is 0. The number of nitrogens with zero attached hydrogens (tertiary/aromatic N) is 1. The first-order chi connectivity index (χ1) is 7.24. The Morgan fingerprint density at radius 1 is 1.47 bits per heavy atom. The molecule has 82 valence electrons. The lowest BCUT2D eigenvalue weighted by atomic mass is 10.1. The predicted molar refractivity (Wildman–Crippen MR) is 64.0 cm³/mol. The van der Waals surface area contributed by atoms with Crippen molar-refractivity contribution in [1.29, 1.82) is 0 Å². The summed E-state index contributed by atoms with van der Waals surface area (Å²) in [4.78, 5) is 4.19. The summed E-state index contributed by atoms with van der Waals surface area (Å²) in [6.45, 7) is 5.51. The Morgan fingerprint density at radius 3 is 3.00 bits per heavy atom. The highest BCUT2D eigenvalue weighted by Crippen LogP contribution is 2.30. The summed E-state index contributed by atoms with van der Waals surface area (Å²) in [5.74, 6) is 1.80. The lowest BCUT2D eigenvalue weighted by molar-refractivity contribution is 0.537. The maximum atomic E-state index is 4.19. The van der Waals surface area contributed by atoms with E-state index in [0.717, 1.165) is 24.1 Å². The number of hydrogen-bond donors (Lipinski definition) is 1. The standard InChI is InChI=1S/C13H20N2/c1-10-3-4-12(7-10)9-15-13-5-6-14-11(2)8-13/h5-6,8,10,12H,3-4,7,9H2,1-2H3,(H,14,15). The van der Waals surface area contributed by atoms with E-state index in [0.29, 0.717) is 0 Å². The first-order valence-corrected chi connectivity index (χ1v) is 5.90. The van der Waals surface area contributed by atoms with Crippen LogP contribution in [0.2, 0.25) is 0 Å². The van der Waals surface area contributed by atoms with Gasteiger partial charge in [0.2, 0.25) is 0 Å². The van der Waals surface area contributed by atoms with Crippen LogP contribution in [0.25, 0.3) is 0 Å². The highest BCUT2D eigenvalue weighted by atomic mass is 14.9. The summed E-state index contributed by atoms with van der Waals surface area (Å²) in [5.41, 5.74) is 2.29. The normalized spacial score (nSPS) is 25.5. The third-order valence-electron chi connectivity index (χ3n) is 3.29. The van der Waals surface area contributed by atoms with Crippen LogP contribution in [0.4, 0.5) is 5.69 Å². The van der Waals surface area contributed by atoms with Crippen LogP contribution in [0.1, 0.15) is 31.9 Å². The van der Waals surface area contributed by atoms with Crippen molar-refractivity contribution in [3.05, 3.63) is 24.0 Å². The lowest BCUT2D eigenvalue weighted by Gasteiger charge is -2.12. The fraction of sp³-hybridized carbons (Fsp3) is 0.615. The molecule has 15 heavy (non-hydrogen) atoms. The van der Waals surface area contributed by atoms with Gasteiger partial charge in [-0.1, -0.05) is 13.3 Å². The number of rotatable bonds is 3. The highest BCUT2D eigenvalue weighted by molar-refractivity contribution is 5.42. The Kier molecular flexibility index (Phi) is 3.24. The van der Waals surface area contributed by atoms with E-state index in [4.69, 9.17) is 0 Å². The molecule has 1 aliphatic rings. The molecule has 2 unspecified atom stereocenters. The number of pyridine rings is 1. The summed E-state index contributed by atoms with van der Waals surface area (Å²) in [6, 6.07) is 4.16. The zero-order chi connectivity index (χ0) is 10.7. The van der Waals surface area contributed by atoms with Crippen LogP contribution in [0.3, 0.4) is 0 Å². The highest BCUT2D eigenvalue weighted by Gasteiger charge is 2.20. The summed E-state index contributed by atoms with van der Waals surface area (Å²) >= 11 is 0. The number of aryl methyl sites for hydroxylation is 1. The molecule has 1 aromatic rings. The molecule has 1 N–H and O–H groups in total. The van der Waals surface area contributed by atoms with Crippen LogP contribution in [-0.2, 0) is 0 Å². The Balaban J connectivity index is 1.83. The van der Waals surface area contributed by atoms with Gasteiger partial charge in [-0.2, -0.15) is 0 Å². The van der Waals surface area contributed by atoms with Crippen LogP contribution < -0.4 is 5.32 Å². The molecule has 2 atom stereocenters. The fourth-order valence-corrected chi connectivity index (χ4v) is 2.43. The van der Waals surface area contributed by atoms with Crippen LogP contribution in [-0.4, -0.2) is 11.5 Å². The minimum atomic E-state index is 0.869. The first-order valence-electron chi connectivity index (χ1n) is 5.90. The maximum Gasteiger partial charge on any atom is 0.0393 e. The van der Waals surface area contributed by atoms with Crippen molar-refractivity contribution in [3.63, 3.8) is 0 Å². The fourth-order valence-electron chi connectivity index (χ4n) is 2.43. The van der Waals surface area contributed by atoms with E-state index < -0.39 is 0 Å². The molecule has 0 bridgehead atoms. The Hall–Kier alpha value is -1.05. The van der Waals surface area contributed by atoms with E-state index in [1.807, 2.05) is 19.2 Å². The minimum Gasteiger partial charge on any atom is -0.385 e. The second kappa shape index (κ2) is 4.65. The first kappa shape index (κ1) is 10.5. The molecule has 1 saturated carbocycles. The molecule has 0 aromatic carbocycles. The Bertz CT molecular complexity index is 322. The third kappa shape index (κ3) is 2.95. The van der Waals surface area contributed by atoms with Gasteiger partial charge in [-0.25, -0.2) is 0 Å². The van der Waals surface area contributed by atoms with E-state index in [-0.39, 0.29) is 0 Å². The van der Waals surface area contributed by atoms with Crippen molar-refractivity contribution in [2.24, 2.45) is 11.8 Å². The SMILES string of the molecule is Cc1cc(NCC2CCC(C)C2)ccn1. The molecular weight excluding hydrogens is 184 g/mol. The molecule has 2 rings (SSSR count). The van der Waals surface area contributed by atoms with Crippen molar-refractivity contribution in [2.75, 3.05) is 11.9 Å². The topological polar surface area (TPSA) is 24.9 Å². The number of nitrogens with one attached hydrogen (secondary N) is 1. The smallest absolute Gasteiger partial charge is 0.0393 e. The van der Waals surface area contributed by atoms with Crippen molar-refractivity contribution in [1.82, 2.24) is 4.98 Å². The largest absolute Gasteiger partial charge is 0.385 e. The quantitative estimate of drug-likeness (QED) is 0.817. The number of hydrogen-bond acceptors (Lipinski definition) is 2. The van der Waals surface area contributed by atoms with Crippen molar-refractivity contribution in [3.8, 4) is 0 Å². The second-order valence-corrected chi connectivity index (χ2v) is 4.85. The van der Waals surface area contributed by atoms with Gasteiger partial charge in [-0.05, 0) is 43.7 Å². The molecule has 1 aromatic heterocycles. The Morgan fingerprint density at radius 2 is 2.33 bits per heavy atom. The molecule has 0 amide bonds. The van der Waals surface area contributed by atoms with E-state index in [9.17, 15) is 0 Å². The zero-order valence-corrected chi connectivity index (χ0v) is 9.66. The van der Waals surface area contributed by atoms with Crippen LogP contribution in [0.5, 0.6) is 0 Å². The minimum absolute atomic E-state index is 0.869. The lowest BCUT2D eigenvalue weighted by Crippen LogP contribution is -2.11. The van der Waals surface area contributed by atoms with E-state index in [1.54, 1.807) is 0 Å². The average molecular weight is 204 g/mol. The number of aromatic nitrogens is 1. The predicted octanol–water partition coefficient (Wildman–Crippen LogP) is 3.24. The van der Waals surface area contributed by atoms with Gasteiger partial charge in [0, 0.05) is 24.1 Å². The second-order valence-electron chi connectivity index (χ2n) is 4.85. The number of anilines is 1. The zero-order valence-electron chi connectivity index (χ0n) is 9.66. The van der Waals surface area contributed by atoms with E-state index in [2.05, 4.69) is 23.3 Å². The maximum absolute atomic E-state index is 4.19. The van der Waals surface area contributed by atoms with Crippen molar-refractivity contribution < 1.29 is 0 Å². The molecule has 1 fully saturated rings. The van der Waals surface area contributed by atoms with Crippen molar-refractivity contribution >= 4 is 5.69 Å². The average Bonchev–Trinajstić information content (AvgIpc) is 2.62. The molecule has 2 heteroatoms. The summed E-state index contributed by atoms with van der Waals surface area (Å²) in [6.07, 6.45) is 6.05. The van der Waals surface area contributed by atoms with Gasteiger partial charge >= 0.3 is 0 Å². The molecule has 0 aliphatic heterocycles. The Labute approximate surface area is 92.1 Å². The monoisotopic (exact) mass is 204 g/mol.